The number of aryl methyl sites for hydroxylation is 1. The van der Waals surface area contributed by atoms with Gasteiger partial charge in [0, 0.05) is 18.3 Å². The molecule has 0 spiro atoms. The van der Waals surface area contributed by atoms with E-state index in [1.165, 1.54) is 11.8 Å². The predicted octanol–water partition coefficient (Wildman–Crippen LogP) is 3.13. The van der Waals surface area contributed by atoms with Gasteiger partial charge in [-0.3, -0.25) is 9.48 Å². The molecule has 0 atom stereocenters. The summed E-state index contributed by atoms with van der Waals surface area (Å²) in [7, 11) is 4.63. The molecule has 1 amide bonds. The summed E-state index contributed by atoms with van der Waals surface area (Å²) in [5.41, 5.74) is 2.91. The summed E-state index contributed by atoms with van der Waals surface area (Å²) in [5, 5.41) is 7.20. The molecule has 27 heavy (non-hydrogen) atoms. The van der Waals surface area contributed by atoms with E-state index < -0.39 is 5.97 Å². The van der Waals surface area contributed by atoms with Crippen LogP contribution in [0.15, 0.2) is 54.6 Å². The summed E-state index contributed by atoms with van der Waals surface area (Å²) in [4.78, 5) is 24.1. The number of nitrogens with one attached hydrogen (secondary N) is 1. The SMILES string of the molecule is COC(=O)c1ccc(NC(=O)c2cc(-c3cccc(OC)c3)nn2C)cc1. The van der Waals surface area contributed by atoms with Crippen LogP contribution < -0.4 is 10.1 Å². The topological polar surface area (TPSA) is 82.4 Å². The van der Waals surface area contributed by atoms with Gasteiger partial charge in [0.1, 0.15) is 11.4 Å². The maximum atomic E-state index is 12.6. The number of nitrogens with zero attached hydrogens (tertiary/aromatic N) is 2. The lowest BCUT2D eigenvalue weighted by Gasteiger charge is -2.06. The van der Waals surface area contributed by atoms with Crippen LogP contribution in [0, 0.1) is 0 Å². The third-order valence-corrected chi connectivity index (χ3v) is 4.04. The number of methoxy groups -OCH3 is 2. The molecule has 0 aliphatic rings. The van der Waals surface area contributed by atoms with Gasteiger partial charge in [-0.25, -0.2) is 4.79 Å². The Morgan fingerprint density at radius 1 is 1.04 bits per heavy atom. The van der Waals surface area contributed by atoms with Crippen LogP contribution in [-0.4, -0.2) is 35.9 Å². The van der Waals surface area contributed by atoms with E-state index in [1.807, 2.05) is 24.3 Å². The van der Waals surface area contributed by atoms with Gasteiger partial charge >= 0.3 is 5.97 Å². The number of anilines is 1. The minimum atomic E-state index is -0.428. The minimum Gasteiger partial charge on any atom is -0.497 e. The molecule has 0 aliphatic heterocycles. The Bertz CT molecular complexity index is 977. The average Bonchev–Trinajstić information content (AvgIpc) is 3.10. The van der Waals surface area contributed by atoms with Crippen molar-refractivity contribution in [1.82, 2.24) is 9.78 Å². The largest absolute Gasteiger partial charge is 0.497 e. The van der Waals surface area contributed by atoms with Crippen molar-refractivity contribution in [3.8, 4) is 17.0 Å². The number of esters is 1. The van der Waals surface area contributed by atoms with Crippen LogP contribution in [0.4, 0.5) is 5.69 Å². The van der Waals surface area contributed by atoms with E-state index in [1.54, 1.807) is 44.5 Å². The van der Waals surface area contributed by atoms with Crippen molar-refractivity contribution in [1.29, 1.82) is 0 Å². The number of rotatable bonds is 5. The van der Waals surface area contributed by atoms with E-state index in [4.69, 9.17) is 4.74 Å². The Hall–Kier alpha value is -3.61. The standard InChI is InChI=1S/C20H19N3O4/c1-23-18(12-17(22-23)14-5-4-6-16(11-14)26-2)19(24)21-15-9-7-13(8-10-15)20(25)27-3/h4-12H,1-3H3,(H,21,24). The van der Waals surface area contributed by atoms with Gasteiger partial charge in [0.25, 0.3) is 5.91 Å². The molecule has 3 rings (SSSR count). The molecule has 0 bridgehead atoms. The zero-order chi connectivity index (χ0) is 19.4. The van der Waals surface area contributed by atoms with E-state index in [0.29, 0.717) is 22.6 Å². The normalized spacial score (nSPS) is 10.3. The van der Waals surface area contributed by atoms with E-state index >= 15 is 0 Å². The molecular weight excluding hydrogens is 346 g/mol. The molecule has 7 nitrogen and oxygen atoms in total. The fraction of sp³-hybridized carbons (Fsp3) is 0.150. The van der Waals surface area contributed by atoms with Crippen molar-refractivity contribution in [2.24, 2.45) is 7.05 Å². The molecule has 1 heterocycles. The molecule has 0 unspecified atom stereocenters. The van der Waals surface area contributed by atoms with Crippen LogP contribution in [0.5, 0.6) is 5.75 Å². The first-order valence-corrected chi connectivity index (χ1v) is 8.20. The van der Waals surface area contributed by atoms with Crippen molar-refractivity contribution in [2.75, 3.05) is 19.5 Å². The summed E-state index contributed by atoms with van der Waals surface area (Å²) in [6.45, 7) is 0. The first-order valence-electron chi connectivity index (χ1n) is 8.20. The number of hydrogen-bond acceptors (Lipinski definition) is 5. The van der Waals surface area contributed by atoms with Crippen LogP contribution >= 0.6 is 0 Å². The Balaban J connectivity index is 1.79. The first kappa shape index (κ1) is 18.2. The second-order valence-corrected chi connectivity index (χ2v) is 5.79. The van der Waals surface area contributed by atoms with Gasteiger partial charge in [0.15, 0.2) is 0 Å². The Morgan fingerprint density at radius 3 is 2.44 bits per heavy atom. The lowest BCUT2D eigenvalue weighted by atomic mass is 10.1. The average molecular weight is 365 g/mol. The van der Waals surface area contributed by atoms with Gasteiger partial charge in [0.05, 0.1) is 25.5 Å². The number of benzene rings is 2. The van der Waals surface area contributed by atoms with Gasteiger partial charge < -0.3 is 14.8 Å². The fourth-order valence-corrected chi connectivity index (χ4v) is 2.61. The number of hydrogen-bond donors (Lipinski definition) is 1. The maximum absolute atomic E-state index is 12.6. The number of aromatic nitrogens is 2. The molecule has 1 aromatic heterocycles. The van der Waals surface area contributed by atoms with Crippen molar-refractivity contribution in [2.45, 2.75) is 0 Å². The van der Waals surface area contributed by atoms with Crippen molar-refractivity contribution < 1.29 is 19.1 Å². The molecule has 2 aromatic carbocycles. The van der Waals surface area contributed by atoms with Crippen LogP contribution in [0.25, 0.3) is 11.3 Å². The zero-order valence-corrected chi connectivity index (χ0v) is 15.2. The molecule has 0 fully saturated rings. The van der Waals surface area contributed by atoms with E-state index in [2.05, 4.69) is 15.2 Å². The van der Waals surface area contributed by atoms with Crippen LogP contribution in [0.2, 0.25) is 0 Å². The molecule has 7 heteroatoms. The quantitative estimate of drug-likeness (QED) is 0.703. The smallest absolute Gasteiger partial charge is 0.337 e. The minimum absolute atomic E-state index is 0.301. The fourth-order valence-electron chi connectivity index (χ4n) is 2.61. The number of carbonyl (C=O) groups excluding carboxylic acids is 2. The monoisotopic (exact) mass is 365 g/mol. The zero-order valence-electron chi connectivity index (χ0n) is 15.2. The highest BCUT2D eigenvalue weighted by molar-refractivity contribution is 6.04. The highest BCUT2D eigenvalue weighted by Crippen LogP contribution is 2.23. The summed E-state index contributed by atoms with van der Waals surface area (Å²) >= 11 is 0. The van der Waals surface area contributed by atoms with Gasteiger partial charge in [-0.05, 0) is 42.5 Å². The number of carbonyl (C=O) groups is 2. The number of ether oxygens (including phenoxy) is 2. The summed E-state index contributed by atoms with van der Waals surface area (Å²) in [6.07, 6.45) is 0. The molecule has 0 aliphatic carbocycles. The summed E-state index contributed by atoms with van der Waals surface area (Å²) in [6, 6.07) is 15.6. The highest BCUT2D eigenvalue weighted by Gasteiger charge is 2.15. The van der Waals surface area contributed by atoms with E-state index in [9.17, 15) is 9.59 Å². The van der Waals surface area contributed by atoms with E-state index in [-0.39, 0.29) is 5.91 Å². The van der Waals surface area contributed by atoms with Gasteiger partial charge in [-0.2, -0.15) is 5.10 Å². The lowest BCUT2D eigenvalue weighted by molar-refractivity contribution is 0.0600. The number of amides is 1. The van der Waals surface area contributed by atoms with Gasteiger partial charge in [-0.15, -0.1) is 0 Å². The van der Waals surface area contributed by atoms with Gasteiger partial charge in [-0.1, -0.05) is 12.1 Å². The Morgan fingerprint density at radius 2 is 1.78 bits per heavy atom. The lowest BCUT2D eigenvalue weighted by Crippen LogP contribution is -2.16. The van der Waals surface area contributed by atoms with Crippen molar-refractivity contribution in [3.63, 3.8) is 0 Å². The molecule has 0 saturated carbocycles. The molecule has 3 aromatic rings. The van der Waals surface area contributed by atoms with Crippen LogP contribution in [-0.2, 0) is 11.8 Å². The molecular formula is C20H19N3O4. The third kappa shape index (κ3) is 3.98. The highest BCUT2D eigenvalue weighted by atomic mass is 16.5. The Labute approximate surface area is 156 Å². The molecule has 0 saturated heterocycles. The molecule has 0 radical (unpaired) electrons. The van der Waals surface area contributed by atoms with Crippen LogP contribution in [0.3, 0.4) is 0 Å². The first-order chi connectivity index (χ1) is 13.0. The van der Waals surface area contributed by atoms with Crippen molar-refractivity contribution in [3.05, 3.63) is 65.9 Å². The third-order valence-electron chi connectivity index (χ3n) is 4.04. The maximum Gasteiger partial charge on any atom is 0.337 e. The summed E-state index contributed by atoms with van der Waals surface area (Å²) in [5.74, 6) is -0.0118. The summed E-state index contributed by atoms with van der Waals surface area (Å²) < 4.78 is 11.4. The predicted molar refractivity (Wildman–Crippen MR) is 101 cm³/mol. The van der Waals surface area contributed by atoms with Gasteiger partial charge in [0.2, 0.25) is 0 Å². The molecule has 1 N–H and O–H groups in total. The van der Waals surface area contributed by atoms with E-state index in [0.717, 1.165) is 11.3 Å². The Kier molecular flexibility index (Phi) is 5.21. The van der Waals surface area contributed by atoms with Crippen LogP contribution in [0.1, 0.15) is 20.8 Å². The molecule has 138 valence electrons. The van der Waals surface area contributed by atoms with Crippen molar-refractivity contribution >= 4 is 17.6 Å². The second kappa shape index (κ2) is 7.74. The second-order valence-electron chi connectivity index (χ2n) is 5.79.